The van der Waals surface area contributed by atoms with Gasteiger partial charge in [0.2, 0.25) is 0 Å². The molecular formula is C14H21ClN2. The Balaban J connectivity index is 2.07. The highest BCUT2D eigenvalue weighted by molar-refractivity contribution is 6.31. The highest BCUT2D eigenvalue weighted by Crippen LogP contribution is 2.19. The summed E-state index contributed by atoms with van der Waals surface area (Å²) in [4.78, 5) is 2.41. The quantitative estimate of drug-likeness (QED) is 0.870. The van der Waals surface area contributed by atoms with Crippen LogP contribution in [-0.2, 0) is 6.42 Å². The lowest BCUT2D eigenvalue weighted by molar-refractivity contribution is 0.163. The summed E-state index contributed by atoms with van der Waals surface area (Å²) in [6.07, 6.45) is 1.05. The highest BCUT2D eigenvalue weighted by atomic mass is 35.5. The Bertz CT molecular complexity index is 392. The van der Waals surface area contributed by atoms with E-state index in [0.29, 0.717) is 12.1 Å². The van der Waals surface area contributed by atoms with E-state index in [1.165, 1.54) is 5.56 Å². The zero-order valence-corrected chi connectivity index (χ0v) is 11.6. The van der Waals surface area contributed by atoms with Gasteiger partial charge in [-0.05, 0) is 44.5 Å². The minimum Gasteiger partial charge on any atom is -0.311 e. The van der Waals surface area contributed by atoms with Crippen LogP contribution in [0.2, 0.25) is 5.02 Å². The zero-order valence-electron chi connectivity index (χ0n) is 10.8. The van der Waals surface area contributed by atoms with E-state index in [2.05, 4.69) is 42.4 Å². The predicted molar refractivity (Wildman–Crippen MR) is 73.8 cm³/mol. The molecule has 1 aromatic rings. The molecule has 1 saturated heterocycles. The van der Waals surface area contributed by atoms with Crippen LogP contribution >= 0.6 is 11.6 Å². The van der Waals surface area contributed by atoms with Crippen LogP contribution in [0.1, 0.15) is 18.1 Å². The predicted octanol–water partition coefficient (Wildman–Crippen LogP) is 2.48. The molecule has 2 atom stereocenters. The number of hydrogen-bond donors (Lipinski definition) is 1. The maximum Gasteiger partial charge on any atom is 0.0437 e. The lowest BCUT2D eigenvalue weighted by atomic mass is 9.97. The van der Waals surface area contributed by atoms with Crippen LogP contribution < -0.4 is 5.32 Å². The molecule has 17 heavy (non-hydrogen) atoms. The second-order valence-corrected chi connectivity index (χ2v) is 5.48. The largest absolute Gasteiger partial charge is 0.311 e. The van der Waals surface area contributed by atoms with Crippen molar-refractivity contribution in [2.45, 2.75) is 32.4 Å². The van der Waals surface area contributed by atoms with Crippen molar-refractivity contribution in [3.05, 3.63) is 34.3 Å². The van der Waals surface area contributed by atoms with Crippen molar-refractivity contribution in [1.29, 1.82) is 0 Å². The molecule has 3 heteroatoms. The summed E-state index contributed by atoms with van der Waals surface area (Å²) in [6, 6.07) is 7.48. The molecule has 1 aliphatic rings. The van der Waals surface area contributed by atoms with E-state index in [1.807, 2.05) is 6.92 Å². The summed E-state index contributed by atoms with van der Waals surface area (Å²) in [5.41, 5.74) is 2.47. The average Bonchev–Trinajstić information content (AvgIpc) is 2.30. The molecule has 2 rings (SSSR count). The van der Waals surface area contributed by atoms with E-state index in [1.54, 1.807) is 0 Å². The summed E-state index contributed by atoms with van der Waals surface area (Å²) in [7, 11) is 2.20. The molecule has 1 N–H and O–H groups in total. The summed E-state index contributed by atoms with van der Waals surface area (Å²) in [5, 5.41) is 4.47. The summed E-state index contributed by atoms with van der Waals surface area (Å²) in [5.74, 6) is 0. The van der Waals surface area contributed by atoms with Gasteiger partial charge in [-0.2, -0.15) is 0 Å². The van der Waals surface area contributed by atoms with Crippen molar-refractivity contribution in [3.63, 3.8) is 0 Å². The van der Waals surface area contributed by atoms with Gasteiger partial charge in [-0.25, -0.2) is 0 Å². The number of piperazine rings is 1. The molecule has 0 amide bonds. The van der Waals surface area contributed by atoms with Gasteiger partial charge < -0.3 is 10.2 Å². The molecule has 2 nitrogen and oxygen atoms in total. The SMILES string of the molecule is Cc1ccc(CC2NCCN(C)C2C)cc1Cl. The van der Waals surface area contributed by atoms with Gasteiger partial charge in [-0.15, -0.1) is 0 Å². The molecule has 2 unspecified atom stereocenters. The topological polar surface area (TPSA) is 15.3 Å². The van der Waals surface area contributed by atoms with Crippen molar-refractivity contribution in [2.24, 2.45) is 0 Å². The molecule has 1 aliphatic heterocycles. The van der Waals surface area contributed by atoms with Gasteiger partial charge in [0.1, 0.15) is 0 Å². The first kappa shape index (κ1) is 12.9. The molecule has 0 spiro atoms. The first-order valence-corrected chi connectivity index (χ1v) is 6.64. The fourth-order valence-electron chi connectivity index (χ4n) is 2.37. The standard InChI is InChI=1S/C14H21ClN2/c1-10-4-5-12(8-13(10)15)9-14-11(2)17(3)7-6-16-14/h4-5,8,11,14,16H,6-7,9H2,1-3H3. The first-order valence-electron chi connectivity index (χ1n) is 6.26. The molecule has 0 saturated carbocycles. The van der Waals surface area contributed by atoms with Crippen molar-refractivity contribution in [2.75, 3.05) is 20.1 Å². The van der Waals surface area contributed by atoms with Crippen LogP contribution in [0.3, 0.4) is 0 Å². The molecule has 1 heterocycles. The molecule has 1 aromatic carbocycles. The van der Waals surface area contributed by atoms with Crippen molar-refractivity contribution < 1.29 is 0 Å². The Kier molecular flexibility index (Phi) is 4.08. The first-order chi connectivity index (χ1) is 8.08. The highest BCUT2D eigenvalue weighted by Gasteiger charge is 2.24. The molecule has 0 radical (unpaired) electrons. The third kappa shape index (κ3) is 3.01. The summed E-state index contributed by atoms with van der Waals surface area (Å²) < 4.78 is 0. The van der Waals surface area contributed by atoms with Crippen LogP contribution in [0.5, 0.6) is 0 Å². The number of nitrogens with one attached hydrogen (secondary N) is 1. The van der Waals surface area contributed by atoms with E-state index in [-0.39, 0.29) is 0 Å². The van der Waals surface area contributed by atoms with Gasteiger partial charge in [-0.3, -0.25) is 0 Å². The van der Waals surface area contributed by atoms with Crippen LogP contribution in [0, 0.1) is 6.92 Å². The lowest BCUT2D eigenvalue weighted by Crippen LogP contribution is -2.55. The normalized spacial score (nSPS) is 26.1. The van der Waals surface area contributed by atoms with E-state index in [0.717, 1.165) is 30.1 Å². The van der Waals surface area contributed by atoms with E-state index in [4.69, 9.17) is 11.6 Å². The van der Waals surface area contributed by atoms with Gasteiger partial charge in [-0.1, -0.05) is 23.7 Å². The van der Waals surface area contributed by atoms with Gasteiger partial charge in [0.05, 0.1) is 0 Å². The molecule has 0 aliphatic carbocycles. The lowest BCUT2D eigenvalue weighted by Gasteiger charge is -2.38. The van der Waals surface area contributed by atoms with E-state index >= 15 is 0 Å². The molecule has 94 valence electrons. The van der Waals surface area contributed by atoms with Crippen LogP contribution in [0.25, 0.3) is 0 Å². The zero-order chi connectivity index (χ0) is 12.4. The van der Waals surface area contributed by atoms with Crippen molar-refractivity contribution in [3.8, 4) is 0 Å². The van der Waals surface area contributed by atoms with Crippen LogP contribution in [0.4, 0.5) is 0 Å². The van der Waals surface area contributed by atoms with Gasteiger partial charge in [0.15, 0.2) is 0 Å². The van der Waals surface area contributed by atoms with Gasteiger partial charge in [0, 0.05) is 30.2 Å². The molecule has 0 aromatic heterocycles. The van der Waals surface area contributed by atoms with Crippen molar-refractivity contribution in [1.82, 2.24) is 10.2 Å². The number of likely N-dealkylation sites (N-methyl/N-ethyl adjacent to an activating group) is 1. The minimum absolute atomic E-state index is 0.521. The van der Waals surface area contributed by atoms with Gasteiger partial charge in [0.25, 0.3) is 0 Å². The Hall–Kier alpha value is -0.570. The summed E-state index contributed by atoms with van der Waals surface area (Å²) in [6.45, 7) is 6.53. The smallest absolute Gasteiger partial charge is 0.0437 e. The number of benzene rings is 1. The maximum absolute atomic E-state index is 6.17. The third-order valence-electron chi connectivity index (χ3n) is 3.84. The second kappa shape index (κ2) is 5.38. The minimum atomic E-state index is 0.521. The number of nitrogens with zero attached hydrogens (tertiary/aromatic N) is 1. The Morgan fingerprint density at radius 1 is 1.47 bits per heavy atom. The van der Waals surface area contributed by atoms with Crippen LogP contribution in [-0.4, -0.2) is 37.1 Å². The monoisotopic (exact) mass is 252 g/mol. The Morgan fingerprint density at radius 3 is 2.94 bits per heavy atom. The number of halogens is 1. The maximum atomic E-state index is 6.17. The van der Waals surface area contributed by atoms with Crippen molar-refractivity contribution >= 4 is 11.6 Å². The Morgan fingerprint density at radius 2 is 2.24 bits per heavy atom. The fraction of sp³-hybridized carbons (Fsp3) is 0.571. The molecule has 0 bridgehead atoms. The van der Waals surface area contributed by atoms with Crippen LogP contribution in [0.15, 0.2) is 18.2 Å². The van der Waals surface area contributed by atoms with E-state index < -0.39 is 0 Å². The Labute approximate surface area is 109 Å². The summed E-state index contributed by atoms with van der Waals surface area (Å²) >= 11 is 6.17. The number of aryl methyl sites for hydroxylation is 1. The average molecular weight is 253 g/mol. The van der Waals surface area contributed by atoms with Gasteiger partial charge >= 0.3 is 0 Å². The number of hydrogen-bond acceptors (Lipinski definition) is 2. The number of rotatable bonds is 2. The van der Waals surface area contributed by atoms with E-state index in [9.17, 15) is 0 Å². The molecule has 1 fully saturated rings. The molecular weight excluding hydrogens is 232 g/mol. The fourth-order valence-corrected chi connectivity index (χ4v) is 2.57. The second-order valence-electron chi connectivity index (χ2n) is 5.07. The third-order valence-corrected chi connectivity index (χ3v) is 4.25.